The Hall–Kier alpha value is 0.194. The molecule has 0 spiro atoms. The number of hydrogen-bond acceptors (Lipinski definition) is 6. The van der Waals surface area contributed by atoms with Gasteiger partial charge in [0.1, 0.15) is 0 Å². The van der Waals surface area contributed by atoms with E-state index in [0.717, 1.165) is 31.4 Å². The highest BCUT2D eigenvalue weighted by Crippen LogP contribution is 2.15. The SMILES string of the molecule is CCCC[Si](OC)(OC)OC.CCC[Si](OC)(OC)OC. The van der Waals surface area contributed by atoms with E-state index < -0.39 is 17.6 Å². The Balaban J connectivity index is 0. The predicted octanol–water partition coefficient (Wildman–Crippen LogP) is 2.94. The van der Waals surface area contributed by atoms with E-state index in [0.29, 0.717) is 0 Å². The Morgan fingerprint density at radius 3 is 1.05 bits per heavy atom. The molecule has 0 unspecified atom stereocenters. The molecule has 0 aromatic rings. The summed E-state index contributed by atoms with van der Waals surface area (Å²) in [4.78, 5) is 0. The molecule has 0 aliphatic heterocycles. The lowest BCUT2D eigenvalue weighted by molar-refractivity contribution is 0.122. The molecule has 0 rings (SSSR count). The second-order valence-electron chi connectivity index (χ2n) is 4.44. The van der Waals surface area contributed by atoms with Gasteiger partial charge in [0.2, 0.25) is 0 Å². The highest BCUT2D eigenvalue weighted by Gasteiger charge is 2.36. The summed E-state index contributed by atoms with van der Waals surface area (Å²) >= 11 is 0. The maximum atomic E-state index is 5.23. The zero-order valence-corrected chi connectivity index (χ0v) is 17.0. The fourth-order valence-electron chi connectivity index (χ4n) is 1.81. The van der Waals surface area contributed by atoms with E-state index in [4.69, 9.17) is 26.6 Å². The van der Waals surface area contributed by atoms with E-state index in [9.17, 15) is 0 Å². The Morgan fingerprint density at radius 2 is 0.857 bits per heavy atom. The number of unbranched alkanes of at least 4 members (excludes halogenated alkanes) is 1. The van der Waals surface area contributed by atoms with Crippen LogP contribution in [0.5, 0.6) is 0 Å². The molecule has 0 aliphatic carbocycles. The molecule has 0 aromatic heterocycles. The van der Waals surface area contributed by atoms with Gasteiger partial charge in [-0.2, -0.15) is 0 Å². The third-order valence-corrected chi connectivity index (χ3v) is 9.07. The van der Waals surface area contributed by atoms with Crippen LogP contribution >= 0.6 is 0 Å². The predicted molar refractivity (Wildman–Crippen MR) is 88.4 cm³/mol. The van der Waals surface area contributed by atoms with Crippen LogP contribution in [-0.4, -0.2) is 60.3 Å². The molecule has 0 saturated carbocycles. The average Bonchev–Trinajstić information content (AvgIpc) is 2.55. The van der Waals surface area contributed by atoms with Crippen LogP contribution in [0.1, 0.15) is 33.1 Å². The second-order valence-corrected chi connectivity index (χ2v) is 10.6. The van der Waals surface area contributed by atoms with Gasteiger partial charge < -0.3 is 26.6 Å². The van der Waals surface area contributed by atoms with Crippen molar-refractivity contribution in [3.05, 3.63) is 0 Å². The van der Waals surface area contributed by atoms with E-state index in [2.05, 4.69) is 13.8 Å². The summed E-state index contributed by atoms with van der Waals surface area (Å²) in [5, 5.41) is 0. The van der Waals surface area contributed by atoms with Crippen molar-refractivity contribution in [1.82, 2.24) is 0 Å². The molecule has 0 atom stereocenters. The monoisotopic (exact) mass is 342 g/mol. The van der Waals surface area contributed by atoms with Gasteiger partial charge in [0.15, 0.2) is 0 Å². The molecule has 0 saturated heterocycles. The molecule has 0 aromatic carbocycles. The van der Waals surface area contributed by atoms with E-state index in [-0.39, 0.29) is 0 Å². The fraction of sp³-hybridized carbons (Fsp3) is 1.00. The first-order valence-corrected chi connectivity index (χ1v) is 11.2. The summed E-state index contributed by atoms with van der Waals surface area (Å²) in [6.45, 7) is 4.22. The van der Waals surface area contributed by atoms with Gasteiger partial charge in [-0.05, 0) is 6.42 Å². The molecular weight excluding hydrogens is 308 g/mol. The largest absolute Gasteiger partial charge is 0.500 e. The molecule has 0 aliphatic rings. The smallest absolute Gasteiger partial charge is 0.377 e. The van der Waals surface area contributed by atoms with Crippen molar-refractivity contribution in [1.29, 1.82) is 0 Å². The van der Waals surface area contributed by atoms with Gasteiger partial charge in [-0.15, -0.1) is 0 Å². The van der Waals surface area contributed by atoms with Crippen molar-refractivity contribution in [2.75, 3.05) is 42.7 Å². The third kappa shape index (κ3) is 9.04. The minimum absolute atomic E-state index is 0.885. The first-order valence-electron chi connectivity index (χ1n) is 7.30. The Kier molecular flexibility index (Phi) is 15.4. The van der Waals surface area contributed by atoms with Crippen LogP contribution in [0.2, 0.25) is 12.1 Å². The van der Waals surface area contributed by atoms with Crippen molar-refractivity contribution < 1.29 is 26.6 Å². The Bertz CT molecular complexity index is 206. The zero-order valence-electron chi connectivity index (χ0n) is 15.0. The topological polar surface area (TPSA) is 55.4 Å². The summed E-state index contributed by atoms with van der Waals surface area (Å²) in [6.07, 6.45) is 3.27. The van der Waals surface area contributed by atoms with E-state index in [1.54, 1.807) is 42.7 Å². The lowest BCUT2D eigenvalue weighted by atomic mass is 10.4. The maximum Gasteiger partial charge on any atom is 0.500 e. The summed E-state index contributed by atoms with van der Waals surface area (Å²) in [6, 6.07) is 1.80. The highest BCUT2D eigenvalue weighted by molar-refractivity contribution is 6.60. The lowest BCUT2D eigenvalue weighted by Gasteiger charge is -2.23. The average molecular weight is 343 g/mol. The first-order chi connectivity index (χ1) is 9.99. The van der Waals surface area contributed by atoms with Gasteiger partial charge >= 0.3 is 17.6 Å². The van der Waals surface area contributed by atoms with E-state index in [1.807, 2.05) is 0 Å². The van der Waals surface area contributed by atoms with Crippen LogP contribution in [0.3, 0.4) is 0 Å². The van der Waals surface area contributed by atoms with E-state index in [1.165, 1.54) is 0 Å². The maximum absolute atomic E-state index is 5.23. The van der Waals surface area contributed by atoms with Crippen LogP contribution in [0.15, 0.2) is 0 Å². The molecule has 0 radical (unpaired) electrons. The normalized spacial score (nSPS) is 12.0. The van der Waals surface area contributed by atoms with Gasteiger partial charge in [0.25, 0.3) is 0 Å². The molecule has 8 heteroatoms. The highest BCUT2D eigenvalue weighted by atomic mass is 28.4. The molecule has 21 heavy (non-hydrogen) atoms. The van der Waals surface area contributed by atoms with Crippen LogP contribution in [0.25, 0.3) is 0 Å². The molecule has 0 amide bonds. The summed E-state index contributed by atoms with van der Waals surface area (Å²) < 4.78 is 31.2. The Morgan fingerprint density at radius 1 is 0.524 bits per heavy atom. The summed E-state index contributed by atoms with van der Waals surface area (Å²) in [5.41, 5.74) is 0. The lowest BCUT2D eigenvalue weighted by Crippen LogP contribution is -2.42. The van der Waals surface area contributed by atoms with Crippen molar-refractivity contribution in [3.63, 3.8) is 0 Å². The molecule has 0 fully saturated rings. The minimum atomic E-state index is -2.24. The quantitative estimate of drug-likeness (QED) is 0.538. The van der Waals surface area contributed by atoms with Crippen molar-refractivity contribution in [2.45, 2.75) is 45.2 Å². The third-order valence-electron chi connectivity index (χ3n) is 3.26. The van der Waals surface area contributed by atoms with Gasteiger partial charge in [-0.25, -0.2) is 0 Å². The Labute approximate surface area is 132 Å². The molecule has 6 nitrogen and oxygen atoms in total. The molecular formula is C13H34O6Si2. The van der Waals surface area contributed by atoms with E-state index >= 15 is 0 Å². The minimum Gasteiger partial charge on any atom is -0.377 e. The molecule has 0 N–H and O–H groups in total. The zero-order chi connectivity index (χ0) is 16.8. The summed E-state index contributed by atoms with van der Waals surface area (Å²) in [7, 11) is 5.39. The van der Waals surface area contributed by atoms with Crippen LogP contribution in [-0.2, 0) is 26.6 Å². The second kappa shape index (κ2) is 13.8. The van der Waals surface area contributed by atoms with Crippen LogP contribution in [0, 0.1) is 0 Å². The van der Waals surface area contributed by atoms with Crippen molar-refractivity contribution in [3.8, 4) is 0 Å². The molecule has 130 valence electrons. The van der Waals surface area contributed by atoms with Crippen LogP contribution in [0.4, 0.5) is 0 Å². The molecule has 0 bridgehead atoms. The van der Waals surface area contributed by atoms with Crippen molar-refractivity contribution in [2.24, 2.45) is 0 Å². The summed E-state index contributed by atoms with van der Waals surface area (Å²) in [5.74, 6) is 0. The van der Waals surface area contributed by atoms with Gasteiger partial charge in [-0.1, -0.05) is 26.7 Å². The van der Waals surface area contributed by atoms with Crippen LogP contribution < -0.4 is 0 Å². The van der Waals surface area contributed by atoms with Gasteiger partial charge in [0, 0.05) is 54.7 Å². The van der Waals surface area contributed by atoms with Gasteiger partial charge in [0.05, 0.1) is 0 Å². The molecule has 0 heterocycles. The van der Waals surface area contributed by atoms with Gasteiger partial charge in [-0.3, -0.25) is 0 Å². The fourth-order valence-corrected chi connectivity index (χ4v) is 5.44. The first kappa shape index (κ1) is 23.5. The standard InChI is InChI=1S/C7H18O3Si.C6H16O3Si/c1-5-6-7-11(8-2,9-3)10-4;1-5-6-10(7-2,8-3)9-4/h5-7H2,1-4H3;5-6H2,1-4H3. The number of hydrogen-bond donors (Lipinski definition) is 0. The number of rotatable bonds is 11. The van der Waals surface area contributed by atoms with Crippen molar-refractivity contribution >= 4 is 17.6 Å².